The number of aliphatic hydroxyl groups is 1. The number of aromatic nitrogens is 3. The summed E-state index contributed by atoms with van der Waals surface area (Å²) in [5.74, 6) is 0.440. The summed E-state index contributed by atoms with van der Waals surface area (Å²) in [5.41, 5.74) is 4.62. The molecule has 0 radical (unpaired) electrons. The molecule has 4 heterocycles. The topological polar surface area (TPSA) is 130 Å². The molecule has 5 aromatic rings. The van der Waals surface area contributed by atoms with Gasteiger partial charge >= 0.3 is 0 Å². The van der Waals surface area contributed by atoms with Crippen molar-refractivity contribution in [2.24, 2.45) is 0 Å². The van der Waals surface area contributed by atoms with Crippen LogP contribution in [0, 0.1) is 0 Å². The number of benzene rings is 2. The number of pyridine rings is 2. The molecule has 1 amide bonds. The molecule has 2 atom stereocenters. The second kappa shape index (κ2) is 14.5. The largest absolute Gasteiger partial charge is 0.481 e. The molecule has 1 aliphatic heterocycles. The van der Waals surface area contributed by atoms with Crippen LogP contribution in [0.5, 0.6) is 5.88 Å². The summed E-state index contributed by atoms with van der Waals surface area (Å²) >= 11 is 21.3. The molecule has 1 aliphatic carbocycles. The van der Waals surface area contributed by atoms with Crippen molar-refractivity contribution in [2.75, 3.05) is 13.7 Å². The molecule has 2 aliphatic rings. The predicted molar refractivity (Wildman–Crippen MR) is 200 cm³/mol. The van der Waals surface area contributed by atoms with E-state index in [1.807, 2.05) is 55.5 Å². The van der Waals surface area contributed by atoms with E-state index < -0.39 is 5.60 Å². The SMILES string of the molecule is COc1nc(-c2cccc(-c3cccc([C@@H](NC4CC(C)(O)C4)c4ccn5c(=O)ccnc5c4)c3Cl)c2Cl)cc(Cl)c1CNC[C@@H]1CCC(=O)N1. The molecule has 2 fully saturated rings. The second-order valence-electron chi connectivity index (χ2n) is 13.5. The van der Waals surface area contributed by atoms with Crippen LogP contribution in [-0.4, -0.2) is 56.7 Å². The number of ether oxygens (including phenoxy) is 1. The highest BCUT2D eigenvalue weighted by atomic mass is 35.5. The van der Waals surface area contributed by atoms with E-state index >= 15 is 0 Å². The molecule has 4 N–H and O–H groups in total. The maximum absolute atomic E-state index is 12.4. The van der Waals surface area contributed by atoms with Gasteiger partial charge < -0.3 is 25.8 Å². The van der Waals surface area contributed by atoms with Crippen LogP contribution in [0.25, 0.3) is 28.0 Å². The number of fused-ring (bicyclic) bond motifs is 1. The highest BCUT2D eigenvalue weighted by molar-refractivity contribution is 6.38. The third-order valence-corrected chi connectivity index (χ3v) is 10.8. The lowest BCUT2D eigenvalue weighted by atomic mass is 9.76. The molecule has 1 saturated heterocycles. The van der Waals surface area contributed by atoms with Crippen LogP contribution in [0.2, 0.25) is 15.1 Å². The summed E-state index contributed by atoms with van der Waals surface area (Å²) in [6.07, 6.45) is 5.72. The van der Waals surface area contributed by atoms with Crippen LogP contribution in [0.1, 0.15) is 55.3 Å². The first kappa shape index (κ1) is 35.4. The molecule has 1 saturated carbocycles. The highest BCUT2D eigenvalue weighted by Gasteiger charge is 2.40. The average Bonchev–Trinajstić information content (AvgIpc) is 3.52. The van der Waals surface area contributed by atoms with Crippen molar-refractivity contribution < 1.29 is 14.6 Å². The minimum absolute atomic E-state index is 0.0475. The van der Waals surface area contributed by atoms with E-state index in [9.17, 15) is 14.7 Å². The van der Waals surface area contributed by atoms with Crippen LogP contribution >= 0.6 is 34.8 Å². The molecule has 0 spiro atoms. The van der Waals surface area contributed by atoms with E-state index in [4.69, 9.17) is 44.5 Å². The molecule has 10 nitrogen and oxygen atoms in total. The van der Waals surface area contributed by atoms with Crippen LogP contribution < -0.4 is 26.2 Å². The van der Waals surface area contributed by atoms with E-state index in [0.717, 1.165) is 23.1 Å². The second-order valence-corrected chi connectivity index (χ2v) is 14.6. The Bertz CT molecular complexity index is 2180. The standard InChI is InChI=1S/C38H37Cl3N6O4/c1-38(50)17-23(18-38)45-36(21-12-14-47-31(15-21)43-13-11-33(47)49)27-8-4-6-25(35(27)41)24-5-3-7-26(34(24)40)30-16-29(39)28(37(46-30)51-2)20-42-19-22-9-10-32(48)44-22/h3-8,11-16,22-23,36,42,45,50H,9-10,17-20H2,1-2H3,(H,44,48)/t22-,23?,36-,38?/m0/s1. The van der Waals surface area contributed by atoms with Gasteiger partial charge in [-0.05, 0) is 55.5 Å². The Hall–Kier alpha value is -4.03. The van der Waals surface area contributed by atoms with Gasteiger partial charge in [0.25, 0.3) is 5.56 Å². The lowest BCUT2D eigenvalue weighted by molar-refractivity contribution is -0.119. The quantitative estimate of drug-likeness (QED) is 0.123. The van der Waals surface area contributed by atoms with Crippen LogP contribution in [0.3, 0.4) is 0 Å². The van der Waals surface area contributed by atoms with Crippen molar-refractivity contribution in [3.05, 3.63) is 115 Å². The minimum Gasteiger partial charge on any atom is -0.481 e. The summed E-state index contributed by atoms with van der Waals surface area (Å²) in [4.78, 5) is 33.2. The molecular formula is C38H37Cl3N6O4. The van der Waals surface area contributed by atoms with Gasteiger partial charge in [0.2, 0.25) is 11.8 Å². The van der Waals surface area contributed by atoms with Gasteiger partial charge in [0, 0.05) is 72.3 Å². The number of rotatable bonds is 11. The Morgan fingerprint density at radius 3 is 2.51 bits per heavy atom. The average molecular weight is 748 g/mol. The van der Waals surface area contributed by atoms with Crippen molar-refractivity contribution in [2.45, 2.75) is 62.9 Å². The Morgan fingerprint density at radius 2 is 1.78 bits per heavy atom. The number of carbonyl (C=O) groups is 1. The molecular weight excluding hydrogens is 711 g/mol. The minimum atomic E-state index is -0.733. The van der Waals surface area contributed by atoms with Gasteiger partial charge in [-0.25, -0.2) is 9.97 Å². The Kier molecular flexibility index (Phi) is 10.1. The van der Waals surface area contributed by atoms with Gasteiger partial charge in [0.05, 0.1) is 39.5 Å². The zero-order valence-electron chi connectivity index (χ0n) is 28.1. The van der Waals surface area contributed by atoms with E-state index in [0.29, 0.717) is 81.3 Å². The summed E-state index contributed by atoms with van der Waals surface area (Å²) in [6.45, 7) is 2.85. The van der Waals surface area contributed by atoms with Crippen LogP contribution in [0.4, 0.5) is 0 Å². The fourth-order valence-electron chi connectivity index (χ4n) is 7.05. The first-order valence-corrected chi connectivity index (χ1v) is 17.9. The first-order valence-electron chi connectivity index (χ1n) is 16.8. The first-order chi connectivity index (χ1) is 24.5. The normalized spacial score (nSPS) is 20.6. The van der Waals surface area contributed by atoms with E-state index in [1.165, 1.54) is 16.7 Å². The van der Waals surface area contributed by atoms with Gasteiger partial charge in [-0.1, -0.05) is 71.2 Å². The van der Waals surface area contributed by atoms with E-state index in [1.54, 1.807) is 19.4 Å². The third kappa shape index (κ3) is 7.35. The lowest BCUT2D eigenvalue weighted by Crippen LogP contribution is -2.52. The van der Waals surface area contributed by atoms with E-state index in [-0.39, 0.29) is 29.6 Å². The van der Waals surface area contributed by atoms with E-state index in [2.05, 4.69) is 20.9 Å². The van der Waals surface area contributed by atoms with Crippen molar-refractivity contribution in [3.8, 4) is 28.3 Å². The van der Waals surface area contributed by atoms with Crippen molar-refractivity contribution in [1.29, 1.82) is 0 Å². The molecule has 51 heavy (non-hydrogen) atoms. The van der Waals surface area contributed by atoms with Gasteiger partial charge in [-0.2, -0.15) is 0 Å². The Morgan fingerprint density at radius 1 is 1.04 bits per heavy atom. The van der Waals surface area contributed by atoms with Gasteiger partial charge in [0.15, 0.2) is 0 Å². The number of hydrogen-bond donors (Lipinski definition) is 4. The van der Waals surface area contributed by atoms with Crippen LogP contribution in [-0.2, 0) is 11.3 Å². The van der Waals surface area contributed by atoms with Crippen molar-refractivity contribution in [1.82, 2.24) is 30.3 Å². The molecule has 0 unspecified atom stereocenters. The lowest BCUT2D eigenvalue weighted by Gasteiger charge is -2.43. The zero-order valence-corrected chi connectivity index (χ0v) is 30.3. The molecule has 13 heteroatoms. The molecule has 0 bridgehead atoms. The maximum atomic E-state index is 12.4. The number of amides is 1. The fraction of sp³-hybridized carbons (Fsp3) is 0.316. The maximum Gasteiger partial charge on any atom is 0.257 e. The summed E-state index contributed by atoms with van der Waals surface area (Å²) < 4.78 is 7.16. The number of hydrogen-bond acceptors (Lipinski definition) is 8. The Balaban J connectivity index is 1.22. The molecule has 2 aromatic carbocycles. The van der Waals surface area contributed by atoms with Crippen LogP contribution in [0.15, 0.2) is 77.9 Å². The molecule has 3 aromatic heterocycles. The summed E-state index contributed by atoms with van der Waals surface area (Å²) in [6, 6.07) is 18.2. The van der Waals surface area contributed by atoms with Gasteiger partial charge in [-0.15, -0.1) is 0 Å². The highest BCUT2D eigenvalue weighted by Crippen LogP contribution is 2.44. The predicted octanol–water partition coefficient (Wildman–Crippen LogP) is 6.35. The summed E-state index contributed by atoms with van der Waals surface area (Å²) in [5, 5.41) is 21.9. The Labute approximate surface area is 310 Å². The zero-order chi connectivity index (χ0) is 35.9. The smallest absolute Gasteiger partial charge is 0.257 e. The van der Waals surface area contributed by atoms with Gasteiger partial charge in [-0.3, -0.25) is 14.0 Å². The summed E-state index contributed by atoms with van der Waals surface area (Å²) in [7, 11) is 1.55. The van der Waals surface area contributed by atoms with Gasteiger partial charge in [0.1, 0.15) is 5.65 Å². The number of methoxy groups -OCH3 is 1. The van der Waals surface area contributed by atoms with Crippen molar-refractivity contribution >= 4 is 46.4 Å². The number of nitrogens with one attached hydrogen (secondary N) is 3. The fourth-order valence-corrected chi connectivity index (χ4v) is 7.97. The molecule has 264 valence electrons. The number of halogens is 3. The van der Waals surface area contributed by atoms with Crippen molar-refractivity contribution in [3.63, 3.8) is 0 Å². The molecule has 7 rings (SSSR count). The monoisotopic (exact) mass is 746 g/mol. The number of nitrogens with zero attached hydrogens (tertiary/aromatic N) is 3. The number of carbonyl (C=O) groups excluding carboxylic acids is 1. The third-order valence-electron chi connectivity index (χ3n) is 9.64.